The third-order valence-corrected chi connectivity index (χ3v) is 3.88. The first-order valence-electron chi connectivity index (χ1n) is 8.39. The summed E-state index contributed by atoms with van der Waals surface area (Å²) < 4.78 is 39.7. The van der Waals surface area contributed by atoms with Crippen LogP contribution in [0.3, 0.4) is 0 Å². The van der Waals surface area contributed by atoms with Crippen LogP contribution in [0.25, 0.3) is 0 Å². The van der Waals surface area contributed by atoms with Gasteiger partial charge in [-0.1, -0.05) is 18.2 Å². The zero-order valence-electron chi connectivity index (χ0n) is 15.1. The van der Waals surface area contributed by atoms with Gasteiger partial charge in [-0.05, 0) is 42.8 Å². The smallest absolute Gasteiger partial charge is 0.307 e. The average molecular weight is 396 g/mol. The van der Waals surface area contributed by atoms with Gasteiger partial charge in [0.15, 0.2) is 11.6 Å². The standard InChI is InChI=1S/C21H14F2N2O4/c1-12-18(22)20(28-15-6-2-4-13(8-15)10-17(26)27)25-21(19(12)23)29-16-7-3-5-14(9-16)11-24/h2-9H,10H2,1H3,(H,26,27). The van der Waals surface area contributed by atoms with E-state index < -0.39 is 29.4 Å². The Morgan fingerprint density at radius 1 is 1.07 bits per heavy atom. The number of pyridine rings is 1. The molecule has 0 fully saturated rings. The summed E-state index contributed by atoms with van der Waals surface area (Å²) in [4.78, 5) is 14.6. The molecule has 8 heteroatoms. The molecule has 0 atom stereocenters. The monoisotopic (exact) mass is 396 g/mol. The van der Waals surface area contributed by atoms with Crippen LogP contribution in [-0.2, 0) is 11.2 Å². The van der Waals surface area contributed by atoms with Gasteiger partial charge < -0.3 is 14.6 Å². The maximum absolute atomic E-state index is 14.5. The fraction of sp³-hybridized carbons (Fsp3) is 0.0952. The molecule has 1 aromatic heterocycles. The molecule has 3 aromatic rings. The van der Waals surface area contributed by atoms with Crippen molar-refractivity contribution in [1.82, 2.24) is 4.98 Å². The number of rotatable bonds is 6. The Kier molecular flexibility index (Phi) is 5.69. The third kappa shape index (κ3) is 4.65. The Morgan fingerprint density at radius 2 is 1.66 bits per heavy atom. The van der Waals surface area contributed by atoms with Crippen LogP contribution in [0.2, 0.25) is 0 Å². The number of ether oxygens (including phenoxy) is 2. The highest BCUT2D eigenvalue weighted by Crippen LogP contribution is 2.33. The Labute approximate surface area is 164 Å². The van der Waals surface area contributed by atoms with E-state index in [-0.39, 0.29) is 23.5 Å². The average Bonchev–Trinajstić information content (AvgIpc) is 2.70. The van der Waals surface area contributed by atoms with Crippen LogP contribution < -0.4 is 9.47 Å². The predicted octanol–water partition coefficient (Wildman–Crippen LogP) is 4.75. The van der Waals surface area contributed by atoms with Crippen LogP contribution in [0.5, 0.6) is 23.3 Å². The lowest BCUT2D eigenvalue weighted by Gasteiger charge is -2.12. The first kappa shape index (κ1) is 19.8. The molecule has 0 amide bonds. The summed E-state index contributed by atoms with van der Waals surface area (Å²) in [5.41, 5.74) is 0.385. The molecule has 1 N–H and O–H groups in total. The minimum atomic E-state index is -1.03. The number of nitriles is 1. The van der Waals surface area contributed by atoms with Crippen LogP contribution in [0.15, 0.2) is 48.5 Å². The summed E-state index contributed by atoms with van der Waals surface area (Å²) in [7, 11) is 0. The molecule has 0 aliphatic rings. The van der Waals surface area contributed by atoms with Gasteiger partial charge in [-0.25, -0.2) is 8.78 Å². The number of carboxylic acids is 1. The van der Waals surface area contributed by atoms with Gasteiger partial charge in [0.25, 0.3) is 11.8 Å². The highest BCUT2D eigenvalue weighted by Gasteiger charge is 2.21. The second kappa shape index (κ2) is 8.35. The second-order valence-corrected chi connectivity index (χ2v) is 6.04. The minimum absolute atomic E-state index is 0.138. The van der Waals surface area contributed by atoms with E-state index in [4.69, 9.17) is 19.8 Å². The molecule has 3 rings (SSSR count). The zero-order valence-corrected chi connectivity index (χ0v) is 15.1. The molecule has 146 valence electrons. The van der Waals surface area contributed by atoms with E-state index >= 15 is 0 Å². The van der Waals surface area contributed by atoms with Crippen LogP contribution in [-0.4, -0.2) is 16.1 Å². The molecule has 0 bridgehead atoms. The van der Waals surface area contributed by atoms with Gasteiger partial charge in [0.1, 0.15) is 11.5 Å². The van der Waals surface area contributed by atoms with Gasteiger partial charge in [0, 0.05) is 5.56 Å². The topological polar surface area (TPSA) is 92.4 Å². The molecule has 2 aromatic carbocycles. The molecule has 6 nitrogen and oxygen atoms in total. The fourth-order valence-corrected chi connectivity index (χ4v) is 2.49. The number of hydrogen-bond acceptors (Lipinski definition) is 5. The number of aromatic nitrogens is 1. The van der Waals surface area contributed by atoms with Crippen molar-refractivity contribution in [3.05, 3.63) is 76.9 Å². The second-order valence-electron chi connectivity index (χ2n) is 6.04. The first-order chi connectivity index (χ1) is 13.9. The maximum Gasteiger partial charge on any atom is 0.307 e. The minimum Gasteiger partial charge on any atom is -0.481 e. The van der Waals surface area contributed by atoms with E-state index in [0.29, 0.717) is 11.1 Å². The zero-order chi connectivity index (χ0) is 21.0. The van der Waals surface area contributed by atoms with Gasteiger partial charge in [-0.2, -0.15) is 10.2 Å². The number of aliphatic carboxylic acids is 1. The highest BCUT2D eigenvalue weighted by atomic mass is 19.1. The van der Waals surface area contributed by atoms with Crippen molar-refractivity contribution < 1.29 is 28.2 Å². The normalized spacial score (nSPS) is 10.3. The number of carbonyl (C=O) groups is 1. The Morgan fingerprint density at radius 3 is 2.24 bits per heavy atom. The van der Waals surface area contributed by atoms with Crippen molar-refractivity contribution in [3.8, 4) is 29.3 Å². The number of halogens is 2. The van der Waals surface area contributed by atoms with Crippen LogP contribution in [0, 0.1) is 29.9 Å². The molecule has 0 saturated heterocycles. The number of nitrogens with zero attached hydrogens (tertiary/aromatic N) is 2. The van der Waals surface area contributed by atoms with Crippen LogP contribution in [0.4, 0.5) is 8.78 Å². The first-order valence-corrected chi connectivity index (χ1v) is 8.39. The molecule has 0 aliphatic carbocycles. The predicted molar refractivity (Wildman–Crippen MR) is 98.0 cm³/mol. The van der Waals surface area contributed by atoms with Crippen molar-refractivity contribution >= 4 is 5.97 Å². The molecular weight excluding hydrogens is 382 g/mol. The van der Waals surface area contributed by atoms with Crippen molar-refractivity contribution in [1.29, 1.82) is 5.26 Å². The Hall–Kier alpha value is -3.99. The van der Waals surface area contributed by atoms with E-state index in [9.17, 15) is 13.6 Å². The SMILES string of the molecule is Cc1c(F)c(Oc2cccc(C#N)c2)nc(Oc2cccc(CC(=O)O)c2)c1F. The molecule has 0 aliphatic heterocycles. The van der Waals surface area contributed by atoms with E-state index in [1.807, 2.05) is 6.07 Å². The van der Waals surface area contributed by atoms with Gasteiger partial charge in [-0.15, -0.1) is 0 Å². The van der Waals surface area contributed by atoms with Gasteiger partial charge in [0.05, 0.1) is 18.1 Å². The van der Waals surface area contributed by atoms with Gasteiger partial charge >= 0.3 is 5.97 Å². The lowest BCUT2D eigenvalue weighted by Crippen LogP contribution is -2.03. The summed E-state index contributed by atoms with van der Waals surface area (Å²) in [5.74, 6) is -3.80. The lowest BCUT2D eigenvalue weighted by molar-refractivity contribution is -0.136. The molecule has 0 spiro atoms. The summed E-state index contributed by atoms with van der Waals surface area (Å²) in [6.45, 7) is 1.21. The molecule has 0 saturated carbocycles. The van der Waals surface area contributed by atoms with E-state index in [0.717, 1.165) is 0 Å². The third-order valence-electron chi connectivity index (χ3n) is 3.88. The quantitative estimate of drug-likeness (QED) is 0.646. The van der Waals surface area contributed by atoms with E-state index in [2.05, 4.69) is 4.98 Å². The van der Waals surface area contributed by atoms with Crippen molar-refractivity contribution in [2.24, 2.45) is 0 Å². The van der Waals surface area contributed by atoms with Gasteiger partial charge in [0.2, 0.25) is 0 Å². The van der Waals surface area contributed by atoms with Crippen molar-refractivity contribution in [2.45, 2.75) is 13.3 Å². The summed E-state index contributed by atoms with van der Waals surface area (Å²) in [5, 5.41) is 17.8. The van der Waals surface area contributed by atoms with Crippen LogP contribution in [0.1, 0.15) is 16.7 Å². The number of hydrogen-bond donors (Lipinski definition) is 1. The van der Waals surface area contributed by atoms with Crippen LogP contribution >= 0.6 is 0 Å². The van der Waals surface area contributed by atoms with Crippen molar-refractivity contribution in [3.63, 3.8) is 0 Å². The number of benzene rings is 2. The molecule has 0 unspecified atom stereocenters. The Balaban J connectivity index is 1.94. The lowest BCUT2D eigenvalue weighted by atomic mass is 10.1. The molecule has 0 radical (unpaired) electrons. The number of carboxylic acid groups (broad SMARTS) is 1. The maximum atomic E-state index is 14.5. The van der Waals surface area contributed by atoms with E-state index in [1.54, 1.807) is 24.3 Å². The Bertz CT molecular complexity index is 1130. The summed E-state index contributed by atoms with van der Waals surface area (Å²) in [6.07, 6.45) is -0.237. The molecule has 29 heavy (non-hydrogen) atoms. The summed E-state index contributed by atoms with van der Waals surface area (Å²) >= 11 is 0. The molecule has 1 heterocycles. The highest BCUT2D eigenvalue weighted by molar-refractivity contribution is 5.70. The summed E-state index contributed by atoms with van der Waals surface area (Å²) in [6, 6.07) is 13.9. The fourth-order valence-electron chi connectivity index (χ4n) is 2.49. The molecular formula is C21H14F2N2O4. The van der Waals surface area contributed by atoms with E-state index in [1.165, 1.54) is 31.2 Å². The largest absolute Gasteiger partial charge is 0.481 e. The van der Waals surface area contributed by atoms with Gasteiger partial charge in [-0.3, -0.25) is 4.79 Å². The van der Waals surface area contributed by atoms with Crippen molar-refractivity contribution in [2.75, 3.05) is 0 Å².